The van der Waals surface area contributed by atoms with Gasteiger partial charge in [-0.1, -0.05) is 17.7 Å². The summed E-state index contributed by atoms with van der Waals surface area (Å²) in [5.74, 6) is 0.573. The molecule has 0 fully saturated rings. The molecular formula is C22H15ClN4O. The first-order chi connectivity index (χ1) is 13.6. The highest BCUT2D eigenvalue weighted by Gasteiger charge is 2.13. The maximum absolute atomic E-state index is 12.0. The van der Waals surface area contributed by atoms with Gasteiger partial charge in [0.2, 0.25) is 0 Å². The summed E-state index contributed by atoms with van der Waals surface area (Å²) in [5, 5.41) is 2.79. The molecule has 5 rings (SSSR count). The molecule has 6 heteroatoms. The Kier molecular flexibility index (Phi) is 3.77. The molecule has 0 aliphatic heterocycles. The lowest BCUT2D eigenvalue weighted by Crippen LogP contribution is -2.16. The first-order valence-corrected chi connectivity index (χ1v) is 9.20. The van der Waals surface area contributed by atoms with Crippen molar-refractivity contribution in [2.24, 2.45) is 0 Å². The van der Waals surface area contributed by atoms with Crippen LogP contribution in [0.4, 0.5) is 0 Å². The Morgan fingerprint density at radius 3 is 2.68 bits per heavy atom. The number of aromatic nitrogens is 4. The summed E-state index contributed by atoms with van der Waals surface area (Å²) in [4.78, 5) is 24.4. The molecule has 0 unspecified atom stereocenters. The predicted molar refractivity (Wildman–Crippen MR) is 112 cm³/mol. The minimum absolute atomic E-state index is 0.119. The second-order valence-electron chi connectivity index (χ2n) is 6.63. The van der Waals surface area contributed by atoms with Crippen molar-refractivity contribution < 1.29 is 0 Å². The van der Waals surface area contributed by atoms with Gasteiger partial charge in [-0.2, -0.15) is 0 Å². The molecule has 0 spiro atoms. The zero-order chi connectivity index (χ0) is 19.3. The lowest BCUT2D eigenvalue weighted by molar-refractivity contribution is 0.942. The van der Waals surface area contributed by atoms with Gasteiger partial charge in [0.1, 0.15) is 5.82 Å². The van der Waals surface area contributed by atoms with Crippen LogP contribution in [0.2, 0.25) is 5.02 Å². The topological polar surface area (TPSA) is 63.6 Å². The maximum atomic E-state index is 12.0. The van der Waals surface area contributed by atoms with Crippen LogP contribution >= 0.6 is 11.6 Å². The van der Waals surface area contributed by atoms with Crippen LogP contribution in [0.15, 0.2) is 71.9 Å². The van der Waals surface area contributed by atoms with Gasteiger partial charge in [0.05, 0.1) is 16.7 Å². The number of aryl methyl sites for hydroxylation is 1. The highest BCUT2D eigenvalue weighted by molar-refractivity contribution is 6.32. The van der Waals surface area contributed by atoms with Crippen LogP contribution in [0.3, 0.4) is 0 Å². The van der Waals surface area contributed by atoms with Gasteiger partial charge in [0.15, 0.2) is 0 Å². The number of nitrogens with one attached hydrogen (secondary N) is 1. The molecule has 136 valence electrons. The Morgan fingerprint density at radius 2 is 1.89 bits per heavy atom. The quantitative estimate of drug-likeness (QED) is 0.469. The summed E-state index contributed by atoms with van der Waals surface area (Å²) >= 11 is 6.42. The molecule has 0 bridgehead atoms. The van der Waals surface area contributed by atoms with Gasteiger partial charge in [-0.25, -0.2) is 4.98 Å². The third-order valence-corrected chi connectivity index (χ3v) is 5.13. The average Bonchev–Trinajstić information content (AvgIpc) is 3.08. The number of pyridine rings is 3. The molecule has 1 N–H and O–H groups in total. The number of hydrogen-bond acceptors (Lipinski definition) is 3. The lowest BCUT2D eigenvalue weighted by Gasteiger charge is -2.07. The second kappa shape index (κ2) is 6.32. The fourth-order valence-corrected chi connectivity index (χ4v) is 3.78. The molecule has 0 aliphatic rings. The summed E-state index contributed by atoms with van der Waals surface area (Å²) in [7, 11) is 0. The number of fused-ring (bicyclic) bond motifs is 3. The van der Waals surface area contributed by atoms with E-state index in [1.807, 2.05) is 37.3 Å². The first kappa shape index (κ1) is 16.7. The van der Waals surface area contributed by atoms with Gasteiger partial charge in [-0.05, 0) is 43.3 Å². The number of halogens is 1. The molecule has 0 radical (unpaired) electrons. The molecule has 1 aromatic carbocycles. The minimum Gasteiger partial charge on any atom is -0.353 e. The van der Waals surface area contributed by atoms with Crippen molar-refractivity contribution in [2.75, 3.05) is 0 Å². The van der Waals surface area contributed by atoms with Crippen LogP contribution in [0.25, 0.3) is 38.8 Å². The normalized spacial score (nSPS) is 11.4. The smallest absolute Gasteiger partial charge is 0.256 e. The van der Waals surface area contributed by atoms with E-state index in [4.69, 9.17) is 11.6 Å². The summed E-state index contributed by atoms with van der Waals surface area (Å²) in [6.07, 6.45) is 5.27. The monoisotopic (exact) mass is 386 g/mol. The van der Waals surface area contributed by atoms with Crippen LogP contribution < -0.4 is 5.56 Å². The summed E-state index contributed by atoms with van der Waals surface area (Å²) in [6, 6.07) is 14.7. The van der Waals surface area contributed by atoms with E-state index in [1.54, 1.807) is 30.7 Å². The Bertz CT molecular complexity index is 1400. The van der Waals surface area contributed by atoms with Crippen molar-refractivity contribution in [3.05, 3.63) is 88.2 Å². The van der Waals surface area contributed by atoms with Crippen LogP contribution in [-0.2, 0) is 0 Å². The van der Waals surface area contributed by atoms with Crippen molar-refractivity contribution in [1.29, 1.82) is 0 Å². The van der Waals surface area contributed by atoms with Crippen LogP contribution in [0, 0.1) is 6.92 Å². The number of H-pyrrole nitrogens is 1. The Morgan fingerprint density at radius 1 is 1.00 bits per heavy atom. The van der Waals surface area contributed by atoms with Crippen LogP contribution in [0.1, 0.15) is 5.69 Å². The minimum atomic E-state index is -0.119. The zero-order valence-electron chi connectivity index (χ0n) is 15.0. The van der Waals surface area contributed by atoms with Crippen molar-refractivity contribution in [2.45, 2.75) is 6.92 Å². The first-order valence-electron chi connectivity index (χ1n) is 8.83. The third kappa shape index (κ3) is 2.60. The standard InChI is InChI=1S/C22H15ClN4O/c1-13-21-16(7-8-24-13)18-11-15(23)10-17(22(18)26-21)14-5-6-19(25-12-14)27-9-3-2-4-20(27)28/h2-12,26H,1H3. The molecule has 0 saturated heterocycles. The molecule has 0 atom stereocenters. The van der Waals surface area contributed by atoms with Gasteiger partial charge in [0, 0.05) is 51.6 Å². The van der Waals surface area contributed by atoms with Crippen molar-refractivity contribution in [3.63, 3.8) is 0 Å². The van der Waals surface area contributed by atoms with Crippen molar-refractivity contribution in [1.82, 2.24) is 19.5 Å². The molecule has 4 aromatic heterocycles. The van der Waals surface area contributed by atoms with E-state index >= 15 is 0 Å². The highest BCUT2D eigenvalue weighted by atomic mass is 35.5. The highest BCUT2D eigenvalue weighted by Crippen LogP contribution is 2.36. The van der Waals surface area contributed by atoms with E-state index in [0.29, 0.717) is 10.8 Å². The fraction of sp³-hybridized carbons (Fsp3) is 0.0455. The number of aromatic amines is 1. The number of nitrogens with zero attached hydrogens (tertiary/aromatic N) is 3. The maximum Gasteiger partial charge on any atom is 0.256 e. The molecule has 28 heavy (non-hydrogen) atoms. The zero-order valence-corrected chi connectivity index (χ0v) is 15.7. The van der Waals surface area contributed by atoms with Gasteiger partial charge in [0.25, 0.3) is 5.56 Å². The predicted octanol–water partition coefficient (Wildman–Crippen LogP) is 4.89. The molecule has 0 amide bonds. The Labute approximate surface area is 165 Å². The van der Waals surface area contributed by atoms with E-state index in [9.17, 15) is 4.79 Å². The fourth-order valence-electron chi connectivity index (χ4n) is 3.56. The van der Waals surface area contributed by atoms with Gasteiger partial charge in [-0.15, -0.1) is 0 Å². The largest absolute Gasteiger partial charge is 0.353 e. The Balaban J connectivity index is 1.71. The molecule has 0 saturated carbocycles. The van der Waals surface area contributed by atoms with E-state index in [1.165, 1.54) is 10.6 Å². The van der Waals surface area contributed by atoms with Crippen molar-refractivity contribution >= 4 is 33.4 Å². The molecule has 0 aliphatic carbocycles. The lowest BCUT2D eigenvalue weighted by atomic mass is 10.0. The van der Waals surface area contributed by atoms with E-state index in [0.717, 1.165) is 38.6 Å². The average molecular weight is 387 g/mol. The second-order valence-corrected chi connectivity index (χ2v) is 7.07. The molecule has 5 nitrogen and oxygen atoms in total. The van der Waals surface area contributed by atoms with Gasteiger partial charge >= 0.3 is 0 Å². The van der Waals surface area contributed by atoms with E-state index < -0.39 is 0 Å². The molecular weight excluding hydrogens is 372 g/mol. The molecule has 4 heterocycles. The van der Waals surface area contributed by atoms with Crippen molar-refractivity contribution in [3.8, 4) is 16.9 Å². The Hall–Kier alpha value is -3.44. The summed E-state index contributed by atoms with van der Waals surface area (Å²) in [5.41, 5.74) is 4.68. The number of rotatable bonds is 2. The number of hydrogen-bond donors (Lipinski definition) is 1. The summed E-state index contributed by atoms with van der Waals surface area (Å²) < 4.78 is 1.51. The SMILES string of the molecule is Cc1nccc2c1[nH]c1c(-c3ccc(-n4ccccc4=O)nc3)cc(Cl)cc12. The third-order valence-electron chi connectivity index (χ3n) is 4.91. The van der Waals surface area contributed by atoms with Gasteiger partial charge < -0.3 is 4.98 Å². The van der Waals surface area contributed by atoms with E-state index in [-0.39, 0.29) is 5.56 Å². The van der Waals surface area contributed by atoms with Gasteiger partial charge in [-0.3, -0.25) is 14.3 Å². The number of benzene rings is 1. The molecule has 5 aromatic rings. The van der Waals surface area contributed by atoms with Crippen LogP contribution in [-0.4, -0.2) is 19.5 Å². The summed E-state index contributed by atoms with van der Waals surface area (Å²) in [6.45, 7) is 1.98. The van der Waals surface area contributed by atoms with E-state index in [2.05, 4.69) is 15.0 Å². The van der Waals surface area contributed by atoms with Crippen LogP contribution in [0.5, 0.6) is 0 Å².